The molecule has 0 saturated heterocycles. The number of nitrogens with two attached hydrogens (primary N) is 1. The molecule has 0 fully saturated rings. The van der Waals surface area contributed by atoms with E-state index in [1.165, 1.54) is 6.07 Å². The van der Waals surface area contributed by atoms with Crippen LogP contribution in [0.2, 0.25) is 5.02 Å². The van der Waals surface area contributed by atoms with Crippen LogP contribution in [0.3, 0.4) is 0 Å². The molecule has 0 aliphatic rings. The Morgan fingerprint density at radius 1 is 1.12 bits per heavy atom. The van der Waals surface area contributed by atoms with Gasteiger partial charge in [0.15, 0.2) is 0 Å². The van der Waals surface area contributed by atoms with Gasteiger partial charge < -0.3 is 10.5 Å². The second-order valence-corrected chi connectivity index (χ2v) is 3.98. The molecule has 0 radical (unpaired) electrons. The highest BCUT2D eigenvalue weighted by Crippen LogP contribution is 2.20. The molecule has 0 heterocycles. The number of anilines is 1. The van der Waals surface area contributed by atoms with Crippen molar-refractivity contribution in [3.63, 3.8) is 0 Å². The first-order chi connectivity index (χ1) is 8.16. The first kappa shape index (κ1) is 11.7. The van der Waals surface area contributed by atoms with Gasteiger partial charge in [0.1, 0.15) is 18.2 Å². The Balaban J connectivity index is 2.07. The quantitative estimate of drug-likeness (QED) is 0.846. The van der Waals surface area contributed by atoms with E-state index in [0.29, 0.717) is 17.0 Å². The van der Waals surface area contributed by atoms with E-state index in [2.05, 4.69) is 0 Å². The Morgan fingerprint density at radius 3 is 2.53 bits per heavy atom. The molecule has 2 aromatic rings. The molecule has 0 atom stereocenters. The molecular weight excluding hydrogens is 241 g/mol. The summed E-state index contributed by atoms with van der Waals surface area (Å²) in [5.74, 6) is 0.197. The molecule has 0 bridgehead atoms. The lowest BCUT2D eigenvalue weighted by Crippen LogP contribution is -1.99. The fourth-order valence-electron chi connectivity index (χ4n) is 1.39. The molecule has 0 aromatic heterocycles. The topological polar surface area (TPSA) is 35.2 Å². The third-order valence-corrected chi connectivity index (χ3v) is 2.60. The molecule has 2 nitrogen and oxygen atoms in total. The largest absolute Gasteiger partial charge is 0.489 e. The maximum Gasteiger partial charge on any atom is 0.148 e. The summed E-state index contributed by atoms with van der Waals surface area (Å²) in [5, 5.41) is 0.100. The first-order valence-electron chi connectivity index (χ1n) is 5.08. The lowest BCUT2D eigenvalue weighted by molar-refractivity contribution is 0.300. The highest BCUT2D eigenvalue weighted by molar-refractivity contribution is 6.30. The van der Waals surface area contributed by atoms with Crippen LogP contribution in [0.1, 0.15) is 5.56 Å². The third-order valence-electron chi connectivity index (χ3n) is 2.31. The number of benzene rings is 2. The monoisotopic (exact) mass is 251 g/mol. The Labute approximate surface area is 104 Å². The lowest BCUT2D eigenvalue weighted by Gasteiger charge is -2.07. The number of hydrogen-bond acceptors (Lipinski definition) is 2. The van der Waals surface area contributed by atoms with Crippen molar-refractivity contribution in [3.05, 3.63) is 58.9 Å². The van der Waals surface area contributed by atoms with Crippen molar-refractivity contribution in [2.75, 3.05) is 5.73 Å². The normalized spacial score (nSPS) is 10.2. The van der Waals surface area contributed by atoms with E-state index >= 15 is 0 Å². The van der Waals surface area contributed by atoms with Crippen molar-refractivity contribution in [3.8, 4) is 5.75 Å². The van der Waals surface area contributed by atoms with Gasteiger partial charge in [-0.3, -0.25) is 0 Å². The van der Waals surface area contributed by atoms with Crippen LogP contribution in [0.15, 0.2) is 42.5 Å². The Hall–Kier alpha value is -1.74. The minimum absolute atomic E-state index is 0.100. The number of rotatable bonds is 3. The predicted molar refractivity (Wildman–Crippen MR) is 66.6 cm³/mol. The van der Waals surface area contributed by atoms with Crippen LogP contribution < -0.4 is 10.5 Å². The molecule has 0 unspecified atom stereocenters. The summed E-state index contributed by atoms with van der Waals surface area (Å²) in [4.78, 5) is 0. The Kier molecular flexibility index (Phi) is 3.49. The molecule has 2 N–H and O–H groups in total. The van der Waals surface area contributed by atoms with E-state index in [-0.39, 0.29) is 11.6 Å². The Morgan fingerprint density at radius 2 is 1.82 bits per heavy atom. The smallest absolute Gasteiger partial charge is 0.148 e. The fraction of sp³-hybridized carbons (Fsp3) is 0.0769. The summed E-state index contributed by atoms with van der Waals surface area (Å²) in [6, 6.07) is 11.7. The minimum atomic E-state index is -0.440. The number of nitrogen functional groups attached to an aromatic ring is 1. The van der Waals surface area contributed by atoms with Crippen LogP contribution in [0.5, 0.6) is 5.75 Å². The maximum absolute atomic E-state index is 13.5. The highest BCUT2D eigenvalue weighted by atomic mass is 35.5. The van der Waals surface area contributed by atoms with Gasteiger partial charge in [-0.05, 0) is 30.3 Å². The van der Waals surface area contributed by atoms with Crippen molar-refractivity contribution < 1.29 is 9.13 Å². The second-order valence-electron chi connectivity index (χ2n) is 3.57. The summed E-state index contributed by atoms with van der Waals surface area (Å²) in [5.41, 5.74) is 6.63. The van der Waals surface area contributed by atoms with Crippen LogP contribution in [-0.2, 0) is 6.61 Å². The van der Waals surface area contributed by atoms with Crippen molar-refractivity contribution in [2.24, 2.45) is 0 Å². The van der Waals surface area contributed by atoms with E-state index < -0.39 is 5.82 Å². The SMILES string of the molecule is Nc1ccc(OCc2cccc(Cl)c2F)cc1. The molecule has 0 spiro atoms. The van der Waals surface area contributed by atoms with E-state index in [1.807, 2.05) is 0 Å². The average molecular weight is 252 g/mol. The van der Waals surface area contributed by atoms with Crippen LogP contribution in [0.25, 0.3) is 0 Å². The standard InChI is InChI=1S/C13H11ClFNO/c14-12-3-1-2-9(13(12)15)8-17-11-6-4-10(16)5-7-11/h1-7H,8,16H2. The molecule has 0 aliphatic heterocycles. The van der Waals surface area contributed by atoms with E-state index in [0.717, 1.165) is 0 Å². The van der Waals surface area contributed by atoms with Crippen LogP contribution in [0.4, 0.5) is 10.1 Å². The third kappa shape index (κ3) is 2.88. The van der Waals surface area contributed by atoms with Gasteiger partial charge in [0.25, 0.3) is 0 Å². The van der Waals surface area contributed by atoms with Gasteiger partial charge in [-0.1, -0.05) is 23.7 Å². The molecule has 0 aliphatic carbocycles. The summed E-state index contributed by atoms with van der Waals surface area (Å²) in [6.07, 6.45) is 0. The molecule has 0 amide bonds. The average Bonchev–Trinajstić information content (AvgIpc) is 2.33. The molecule has 2 rings (SSSR count). The summed E-state index contributed by atoms with van der Waals surface area (Å²) >= 11 is 5.67. The van der Waals surface area contributed by atoms with Crippen molar-refractivity contribution in [2.45, 2.75) is 6.61 Å². The van der Waals surface area contributed by atoms with Gasteiger partial charge in [-0.25, -0.2) is 4.39 Å². The molecular formula is C13H11ClFNO. The Bertz CT molecular complexity index is 513. The minimum Gasteiger partial charge on any atom is -0.489 e. The molecule has 88 valence electrons. The predicted octanol–water partition coefficient (Wildman–Crippen LogP) is 3.64. The van der Waals surface area contributed by atoms with E-state index in [1.54, 1.807) is 36.4 Å². The van der Waals surface area contributed by atoms with Crippen LogP contribution >= 0.6 is 11.6 Å². The zero-order chi connectivity index (χ0) is 12.3. The number of halogens is 2. The van der Waals surface area contributed by atoms with Crippen molar-refractivity contribution >= 4 is 17.3 Å². The zero-order valence-corrected chi connectivity index (χ0v) is 9.75. The van der Waals surface area contributed by atoms with Gasteiger partial charge in [0.2, 0.25) is 0 Å². The van der Waals surface area contributed by atoms with Crippen molar-refractivity contribution in [1.82, 2.24) is 0 Å². The van der Waals surface area contributed by atoms with Gasteiger partial charge in [-0.15, -0.1) is 0 Å². The number of ether oxygens (including phenoxy) is 1. The molecule has 4 heteroatoms. The summed E-state index contributed by atoms with van der Waals surface area (Å²) in [7, 11) is 0. The summed E-state index contributed by atoms with van der Waals surface area (Å²) in [6.45, 7) is 0.135. The second kappa shape index (κ2) is 5.06. The van der Waals surface area contributed by atoms with Crippen LogP contribution in [-0.4, -0.2) is 0 Å². The van der Waals surface area contributed by atoms with Gasteiger partial charge in [-0.2, -0.15) is 0 Å². The summed E-state index contributed by atoms with van der Waals surface area (Å²) < 4.78 is 19.0. The van der Waals surface area contributed by atoms with Gasteiger partial charge >= 0.3 is 0 Å². The molecule has 2 aromatic carbocycles. The van der Waals surface area contributed by atoms with E-state index in [9.17, 15) is 4.39 Å². The highest BCUT2D eigenvalue weighted by Gasteiger charge is 2.06. The first-order valence-corrected chi connectivity index (χ1v) is 5.46. The van der Waals surface area contributed by atoms with Crippen LogP contribution in [0, 0.1) is 5.82 Å². The maximum atomic E-state index is 13.5. The van der Waals surface area contributed by atoms with E-state index in [4.69, 9.17) is 22.1 Å². The van der Waals surface area contributed by atoms with Crippen molar-refractivity contribution in [1.29, 1.82) is 0 Å². The van der Waals surface area contributed by atoms with Gasteiger partial charge in [0, 0.05) is 11.3 Å². The molecule has 17 heavy (non-hydrogen) atoms. The number of hydrogen-bond donors (Lipinski definition) is 1. The zero-order valence-electron chi connectivity index (χ0n) is 8.99. The fourth-order valence-corrected chi connectivity index (χ4v) is 1.58. The van der Waals surface area contributed by atoms with Gasteiger partial charge in [0.05, 0.1) is 5.02 Å². The lowest BCUT2D eigenvalue weighted by atomic mass is 10.2. The molecule has 0 saturated carbocycles.